The Morgan fingerprint density at radius 2 is 2.00 bits per heavy atom. The van der Waals surface area contributed by atoms with Crippen molar-refractivity contribution >= 4 is 5.69 Å². The monoisotopic (exact) mass is 189 g/mol. The van der Waals surface area contributed by atoms with Gasteiger partial charge >= 0.3 is 0 Å². The third kappa shape index (κ3) is 1.52. The van der Waals surface area contributed by atoms with Gasteiger partial charge in [-0.15, -0.1) is 0 Å². The summed E-state index contributed by atoms with van der Waals surface area (Å²) in [6.07, 6.45) is 2.50. The lowest BCUT2D eigenvalue weighted by molar-refractivity contribution is 0.319. The molecule has 0 aromatic heterocycles. The third-order valence-corrected chi connectivity index (χ3v) is 3.29. The molecule has 1 aliphatic rings. The molecule has 1 nitrogen and oxygen atoms in total. The van der Waals surface area contributed by atoms with Crippen LogP contribution in [0.5, 0.6) is 0 Å². The maximum Gasteiger partial charge on any atom is 0.0317 e. The molecule has 0 heterocycles. The lowest BCUT2D eigenvalue weighted by Gasteiger charge is -2.27. The second-order valence-corrected chi connectivity index (χ2v) is 5.42. The molecule has 0 bridgehead atoms. The Bertz CT molecular complexity index is 347. The highest BCUT2D eigenvalue weighted by Crippen LogP contribution is 2.45. The molecular weight excluding hydrogens is 170 g/mol. The van der Waals surface area contributed by atoms with Crippen molar-refractivity contribution in [1.82, 2.24) is 0 Å². The number of benzene rings is 1. The summed E-state index contributed by atoms with van der Waals surface area (Å²) in [4.78, 5) is 0. The predicted molar refractivity (Wildman–Crippen MR) is 61.4 cm³/mol. The summed E-state index contributed by atoms with van der Waals surface area (Å²) in [7, 11) is 0. The first kappa shape index (κ1) is 9.57. The van der Waals surface area contributed by atoms with Gasteiger partial charge in [-0.2, -0.15) is 0 Å². The van der Waals surface area contributed by atoms with Gasteiger partial charge in [-0.1, -0.05) is 26.8 Å². The molecule has 14 heavy (non-hydrogen) atoms. The van der Waals surface area contributed by atoms with E-state index in [9.17, 15) is 0 Å². The van der Waals surface area contributed by atoms with Crippen molar-refractivity contribution in [2.75, 3.05) is 5.73 Å². The van der Waals surface area contributed by atoms with E-state index in [-0.39, 0.29) is 0 Å². The van der Waals surface area contributed by atoms with Crippen molar-refractivity contribution in [2.45, 2.75) is 39.5 Å². The van der Waals surface area contributed by atoms with Crippen LogP contribution in [-0.2, 0) is 6.42 Å². The summed E-state index contributed by atoms with van der Waals surface area (Å²) in [6, 6.07) is 6.37. The highest BCUT2D eigenvalue weighted by molar-refractivity contribution is 5.48. The van der Waals surface area contributed by atoms with Crippen LogP contribution in [0.1, 0.15) is 44.2 Å². The van der Waals surface area contributed by atoms with Crippen LogP contribution < -0.4 is 5.73 Å². The fourth-order valence-electron chi connectivity index (χ4n) is 2.52. The van der Waals surface area contributed by atoms with Gasteiger partial charge in [0.05, 0.1) is 0 Å². The predicted octanol–water partition coefficient (Wildman–Crippen LogP) is 3.34. The molecule has 76 valence electrons. The Balaban J connectivity index is 2.43. The zero-order valence-electron chi connectivity index (χ0n) is 9.30. The Labute approximate surface area is 86.3 Å². The van der Waals surface area contributed by atoms with Crippen LogP contribution in [0.25, 0.3) is 0 Å². The van der Waals surface area contributed by atoms with E-state index in [1.54, 1.807) is 0 Å². The summed E-state index contributed by atoms with van der Waals surface area (Å²) in [5.41, 5.74) is 10.1. The molecule has 0 radical (unpaired) electrons. The second-order valence-electron chi connectivity index (χ2n) is 5.42. The van der Waals surface area contributed by atoms with E-state index in [0.29, 0.717) is 11.3 Å². The Hall–Kier alpha value is -0.980. The maximum absolute atomic E-state index is 5.84. The molecule has 0 fully saturated rings. The number of anilines is 1. The van der Waals surface area contributed by atoms with E-state index >= 15 is 0 Å². The molecule has 1 unspecified atom stereocenters. The molecule has 0 saturated carbocycles. The van der Waals surface area contributed by atoms with Crippen LogP contribution in [0.4, 0.5) is 5.69 Å². The minimum Gasteiger partial charge on any atom is -0.399 e. The first-order valence-corrected chi connectivity index (χ1v) is 5.37. The summed E-state index contributed by atoms with van der Waals surface area (Å²) in [6.45, 7) is 6.95. The average molecular weight is 189 g/mol. The lowest BCUT2D eigenvalue weighted by atomic mass is 9.77. The lowest BCUT2D eigenvalue weighted by Crippen LogP contribution is -2.15. The van der Waals surface area contributed by atoms with Crippen LogP contribution >= 0.6 is 0 Å². The van der Waals surface area contributed by atoms with E-state index < -0.39 is 0 Å². The number of nitrogens with two attached hydrogens (primary N) is 1. The van der Waals surface area contributed by atoms with Gasteiger partial charge in [0.25, 0.3) is 0 Å². The zero-order valence-corrected chi connectivity index (χ0v) is 9.30. The number of hydrogen-bond acceptors (Lipinski definition) is 1. The van der Waals surface area contributed by atoms with Gasteiger partial charge in [0, 0.05) is 5.69 Å². The number of aryl methyl sites for hydroxylation is 1. The van der Waals surface area contributed by atoms with Gasteiger partial charge < -0.3 is 5.73 Å². The van der Waals surface area contributed by atoms with Crippen molar-refractivity contribution in [3.8, 4) is 0 Å². The molecular formula is C13H19N. The topological polar surface area (TPSA) is 26.0 Å². The van der Waals surface area contributed by atoms with Crippen LogP contribution in [0.3, 0.4) is 0 Å². The summed E-state index contributed by atoms with van der Waals surface area (Å²) in [5, 5.41) is 0. The normalized spacial score (nSPS) is 20.9. The summed E-state index contributed by atoms with van der Waals surface area (Å²) >= 11 is 0. The summed E-state index contributed by atoms with van der Waals surface area (Å²) < 4.78 is 0. The molecule has 1 aromatic carbocycles. The fourth-order valence-corrected chi connectivity index (χ4v) is 2.52. The van der Waals surface area contributed by atoms with Crippen molar-refractivity contribution < 1.29 is 0 Å². The number of nitrogen functional groups attached to an aromatic ring is 1. The molecule has 0 spiro atoms. The molecule has 2 rings (SSSR count). The van der Waals surface area contributed by atoms with E-state index in [1.807, 2.05) is 6.07 Å². The molecule has 1 atom stereocenters. The third-order valence-electron chi connectivity index (χ3n) is 3.29. The Morgan fingerprint density at radius 3 is 2.64 bits per heavy atom. The standard InChI is InChI=1S/C13H19N/c1-13(2,3)12-7-5-9-4-6-10(14)8-11(9)12/h4,6,8,12H,5,7,14H2,1-3H3. The van der Waals surface area contributed by atoms with Crippen LogP contribution in [0.15, 0.2) is 18.2 Å². The molecule has 1 heteroatoms. The molecule has 0 aliphatic heterocycles. The van der Waals surface area contributed by atoms with E-state index in [1.165, 1.54) is 24.0 Å². The van der Waals surface area contributed by atoms with Crippen molar-refractivity contribution in [1.29, 1.82) is 0 Å². The fraction of sp³-hybridized carbons (Fsp3) is 0.538. The maximum atomic E-state index is 5.84. The number of rotatable bonds is 0. The highest BCUT2D eigenvalue weighted by atomic mass is 14.5. The first-order valence-electron chi connectivity index (χ1n) is 5.37. The van der Waals surface area contributed by atoms with Gasteiger partial charge in [-0.05, 0) is 47.4 Å². The quantitative estimate of drug-likeness (QED) is 0.622. The SMILES string of the molecule is CC(C)(C)C1CCc2ccc(N)cc21. The minimum atomic E-state index is 0.360. The van der Waals surface area contributed by atoms with Crippen molar-refractivity contribution in [3.05, 3.63) is 29.3 Å². The van der Waals surface area contributed by atoms with Gasteiger partial charge in [0.1, 0.15) is 0 Å². The zero-order chi connectivity index (χ0) is 10.3. The van der Waals surface area contributed by atoms with Crippen LogP contribution in [-0.4, -0.2) is 0 Å². The molecule has 2 N–H and O–H groups in total. The van der Waals surface area contributed by atoms with Crippen LogP contribution in [0.2, 0.25) is 0 Å². The van der Waals surface area contributed by atoms with Gasteiger partial charge in [-0.3, -0.25) is 0 Å². The molecule has 1 aliphatic carbocycles. The van der Waals surface area contributed by atoms with Crippen LogP contribution in [0, 0.1) is 5.41 Å². The van der Waals surface area contributed by atoms with Gasteiger partial charge in [-0.25, -0.2) is 0 Å². The Kier molecular flexibility index (Phi) is 2.06. The molecule has 0 amide bonds. The smallest absolute Gasteiger partial charge is 0.0317 e. The highest BCUT2D eigenvalue weighted by Gasteiger charge is 2.31. The number of fused-ring (bicyclic) bond motifs is 1. The van der Waals surface area contributed by atoms with E-state index in [0.717, 1.165) is 5.69 Å². The van der Waals surface area contributed by atoms with E-state index in [4.69, 9.17) is 5.73 Å². The first-order chi connectivity index (χ1) is 6.48. The molecule has 1 aromatic rings. The average Bonchev–Trinajstić information content (AvgIpc) is 2.45. The van der Waals surface area contributed by atoms with E-state index in [2.05, 4.69) is 32.9 Å². The minimum absolute atomic E-state index is 0.360. The van der Waals surface area contributed by atoms with Gasteiger partial charge in [0.2, 0.25) is 0 Å². The Morgan fingerprint density at radius 1 is 1.29 bits per heavy atom. The summed E-state index contributed by atoms with van der Waals surface area (Å²) in [5.74, 6) is 0.681. The van der Waals surface area contributed by atoms with Crippen molar-refractivity contribution in [3.63, 3.8) is 0 Å². The second kappa shape index (κ2) is 3.01. The molecule has 0 saturated heterocycles. The number of hydrogen-bond donors (Lipinski definition) is 1. The van der Waals surface area contributed by atoms with Gasteiger partial charge in [0.15, 0.2) is 0 Å². The largest absolute Gasteiger partial charge is 0.399 e. The van der Waals surface area contributed by atoms with Crippen molar-refractivity contribution in [2.24, 2.45) is 5.41 Å².